The van der Waals surface area contributed by atoms with E-state index >= 15 is 0 Å². The highest BCUT2D eigenvalue weighted by molar-refractivity contribution is 8.18. The monoisotopic (exact) mass is 458 g/mol. The van der Waals surface area contributed by atoms with Crippen molar-refractivity contribution in [2.75, 3.05) is 21.3 Å². The van der Waals surface area contributed by atoms with Crippen molar-refractivity contribution < 1.29 is 19.0 Å². The minimum absolute atomic E-state index is 0.0522. The molecule has 2 aliphatic carbocycles. The number of nitrogens with zero attached hydrogens (tertiary/aromatic N) is 2. The zero-order valence-corrected chi connectivity index (χ0v) is 20.2. The van der Waals surface area contributed by atoms with Gasteiger partial charge in [-0.2, -0.15) is 0 Å². The van der Waals surface area contributed by atoms with E-state index in [2.05, 4.69) is 0 Å². The second-order valence-electron chi connectivity index (χ2n) is 8.73. The number of amidine groups is 1. The fourth-order valence-corrected chi connectivity index (χ4v) is 6.00. The zero-order chi connectivity index (χ0) is 22.5. The first kappa shape index (κ1) is 23.0. The van der Waals surface area contributed by atoms with Crippen LogP contribution in [0.5, 0.6) is 17.2 Å². The normalized spacial score (nSPS) is 23.2. The lowest BCUT2D eigenvalue weighted by Gasteiger charge is -2.31. The van der Waals surface area contributed by atoms with Crippen LogP contribution in [0.1, 0.15) is 69.8 Å². The standard InChI is InChI=1S/C25H34N2O4S/c1-29-19-14-21(30-2)20(22(15-19)31-3)16-23-24(28)27(18-12-8-5-9-13-18)25(32-23)26-17-10-6-4-7-11-17/h14-18H,4-13H2,1-3H3. The minimum Gasteiger partial charge on any atom is -0.496 e. The molecular formula is C25H34N2O4S. The topological polar surface area (TPSA) is 60.4 Å². The van der Waals surface area contributed by atoms with Crippen molar-refractivity contribution in [3.8, 4) is 17.2 Å². The van der Waals surface area contributed by atoms with Crippen LogP contribution in [0.25, 0.3) is 6.08 Å². The maximum atomic E-state index is 13.6. The van der Waals surface area contributed by atoms with Crippen molar-refractivity contribution in [2.24, 2.45) is 4.99 Å². The Kier molecular flexibility index (Phi) is 7.66. The van der Waals surface area contributed by atoms with Gasteiger partial charge in [-0.1, -0.05) is 38.5 Å². The molecule has 4 rings (SSSR count). The highest BCUT2D eigenvalue weighted by Crippen LogP contribution is 2.42. The van der Waals surface area contributed by atoms with Crippen LogP contribution in [0.4, 0.5) is 0 Å². The van der Waals surface area contributed by atoms with Crippen LogP contribution in [-0.4, -0.2) is 49.4 Å². The van der Waals surface area contributed by atoms with Gasteiger partial charge < -0.3 is 14.2 Å². The Labute approximate surface area is 195 Å². The van der Waals surface area contributed by atoms with Gasteiger partial charge in [0.1, 0.15) is 17.2 Å². The Balaban J connectivity index is 1.71. The van der Waals surface area contributed by atoms with Gasteiger partial charge in [-0.25, -0.2) is 0 Å². The van der Waals surface area contributed by atoms with E-state index in [0.717, 1.165) is 36.4 Å². The molecule has 0 aromatic heterocycles. The van der Waals surface area contributed by atoms with E-state index in [1.54, 1.807) is 21.3 Å². The van der Waals surface area contributed by atoms with Crippen molar-refractivity contribution in [3.63, 3.8) is 0 Å². The molecule has 1 aromatic rings. The fourth-order valence-electron chi connectivity index (χ4n) is 4.91. The smallest absolute Gasteiger partial charge is 0.267 e. The first-order valence-corrected chi connectivity index (χ1v) is 12.6. The summed E-state index contributed by atoms with van der Waals surface area (Å²) >= 11 is 1.50. The van der Waals surface area contributed by atoms with Gasteiger partial charge in [0.2, 0.25) is 0 Å². The van der Waals surface area contributed by atoms with Gasteiger partial charge in [0, 0.05) is 18.2 Å². The van der Waals surface area contributed by atoms with Crippen LogP contribution < -0.4 is 14.2 Å². The summed E-state index contributed by atoms with van der Waals surface area (Å²) in [5.74, 6) is 1.93. The summed E-state index contributed by atoms with van der Waals surface area (Å²) in [6, 6.07) is 4.20. The van der Waals surface area contributed by atoms with Gasteiger partial charge in [-0.15, -0.1) is 0 Å². The molecule has 32 heavy (non-hydrogen) atoms. The number of ether oxygens (including phenoxy) is 3. The Morgan fingerprint density at radius 1 is 0.906 bits per heavy atom. The molecule has 7 heteroatoms. The molecule has 0 unspecified atom stereocenters. The van der Waals surface area contributed by atoms with Crippen LogP contribution in [-0.2, 0) is 4.79 Å². The lowest BCUT2D eigenvalue weighted by Crippen LogP contribution is -2.41. The number of aliphatic imine (C=N–C) groups is 1. The number of carbonyl (C=O) groups is 1. The third-order valence-electron chi connectivity index (χ3n) is 6.67. The average Bonchev–Trinajstić information content (AvgIpc) is 3.14. The zero-order valence-electron chi connectivity index (χ0n) is 19.4. The second kappa shape index (κ2) is 10.6. The van der Waals surface area contributed by atoms with E-state index in [-0.39, 0.29) is 11.9 Å². The van der Waals surface area contributed by atoms with Gasteiger partial charge >= 0.3 is 0 Å². The predicted molar refractivity (Wildman–Crippen MR) is 130 cm³/mol. The third-order valence-corrected chi connectivity index (χ3v) is 7.67. The number of methoxy groups -OCH3 is 3. The molecule has 0 radical (unpaired) electrons. The van der Waals surface area contributed by atoms with E-state index in [1.807, 2.05) is 23.1 Å². The molecule has 6 nitrogen and oxygen atoms in total. The molecule has 3 aliphatic rings. The highest BCUT2D eigenvalue weighted by atomic mass is 32.2. The van der Waals surface area contributed by atoms with Crippen molar-refractivity contribution in [1.82, 2.24) is 4.90 Å². The van der Waals surface area contributed by atoms with Crippen molar-refractivity contribution >= 4 is 28.9 Å². The number of rotatable bonds is 6. The first-order valence-electron chi connectivity index (χ1n) is 11.8. The summed E-state index contributed by atoms with van der Waals surface area (Å²) in [5.41, 5.74) is 0.745. The summed E-state index contributed by atoms with van der Waals surface area (Å²) in [4.78, 5) is 21.4. The van der Waals surface area contributed by atoms with E-state index in [0.29, 0.717) is 28.2 Å². The van der Waals surface area contributed by atoms with Crippen LogP contribution >= 0.6 is 11.8 Å². The number of hydrogen-bond acceptors (Lipinski definition) is 6. The Bertz CT molecular complexity index is 861. The van der Waals surface area contributed by atoms with E-state index in [9.17, 15) is 4.79 Å². The minimum atomic E-state index is 0.0522. The van der Waals surface area contributed by atoms with Crippen LogP contribution in [0.2, 0.25) is 0 Å². The molecule has 0 N–H and O–H groups in total. The van der Waals surface area contributed by atoms with Gasteiger partial charge in [0.15, 0.2) is 5.17 Å². The molecule has 1 aliphatic heterocycles. The first-order chi connectivity index (χ1) is 15.6. The third kappa shape index (κ3) is 4.92. The quantitative estimate of drug-likeness (QED) is 0.516. The number of carbonyl (C=O) groups excluding carboxylic acids is 1. The molecule has 1 heterocycles. The van der Waals surface area contributed by atoms with E-state index < -0.39 is 0 Å². The van der Waals surface area contributed by atoms with Crippen LogP contribution in [0.15, 0.2) is 22.0 Å². The molecule has 2 saturated carbocycles. The van der Waals surface area contributed by atoms with Crippen molar-refractivity contribution in [3.05, 3.63) is 22.6 Å². The van der Waals surface area contributed by atoms with Crippen molar-refractivity contribution in [2.45, 2.75) is 76.3 Å². The molecule has 0 bridgehead atoms. The molecule has 1 amide bonds. The molecule has 0 spiro atoms. The number of benzene rings is 1. The Morgan fingerprint density at radius 3 is 2.06 bits per heavy atom. The van der Waals surface area contributed by atoms with Crippen LogP contribution in [0.3, 0.4) is 0 Å². The second-order valence-corrected chi connectivity index (χ2v) is 9.74. The van der Waals surface area contributed by atoms with Gasteiger partial charge in [-0.3, -0.25) is 14.7 Å². The number of thioether (sulfide) groups is 1. The number of hydrogen-bond donors (Lipinski definition) is 0. The maximum Gasteiger partial charge on any atom is 0.267 e. The molecule has 1 saturated heterocycles. The number of amides is 1. The predicted octanol–water partition coefficient (Wildman–Crippen LogP) is 5.65. The summed E-state index contributed by atoms with van der Waals surface area (Å²) in [5, 5.41) is 0.881. The fraction of sp³-hybridized carbons (Fsp3) is 0.600. The maximum absolute atomic E-state index is 13.6. The van der Waals surface area contributed by atoms with Gasteiger partial charge in [-0.05, 0) is 43.5 Å². The molecule has 3 fully saturated rings. The molecule has 174 valence electrons. The largest absolute Gasteiger partial charge is 0.496 e. The van der Waals surface area contributed by atoms with Crippen molar-refractivity contribution in [1.29, 1.82) is 0 Å². The average molecular weight is 459 g/mol. The summed E-state index contributed by atoms with van der Waals surface area (Å²) in [6.45, 7) is 0. The van der Waals surface area contributed by atoms with E-state index in [1.165, 1.54) is 50.3 Å². The Hall–Kier alpha value is -2.15. The lowest BCUT2D eigenvalue weighted by atomic mass is 9.94. The summed E-state index contributed by atoms with van der Waals surface area (Å²) < 4.78 is 16.6. The SMILES string of the molecule is COc1cc(OC)c(C=C2SC(=NC3CCCCC3)N(C3CCCCC3)C2=O)c(OC)c1. The highest BCUT2D eigenvalue weighted by Gasteiger charge is 2.39. The summed E-state index contributed by atoms with van der Waals surface area (Å²) in [6.07, 6.45) is 13.6. The molecular weight excluding hydrogens is 424 g/mol. The molecule has 0 atom stereocenters. The van der Waals surface area contributed by atoms with Crippen LogP contribution in [0, 0.1) is 0 Å². The van der Waals surface area contributed by atoms with E-state index in [4.69, 9.17) is 19.2 Å². The Morgan fingerprint density at radius 2 is 1.50 bits per heavy atom. The lowest BCUT2D eigenvalue weighted by molar-refractivity contribution is -0.124. The summed E-state index contributed by atoms with van der Waals surface area (Å²) in [7, 11) is 4.84. The van der Waals surface area contributed by atoms with Gasteiger partial charge in [0.05, 0.1) is 37.8 Å². The van der Waals surface area contributed by atoms with Gasteiger partial charge in [0.25, 0.3) is 5.91 Å². The molecule has 1 aromatic carbocycles.